The molecular formula is C6H11NaO4S2. The van der Waals surface area contributed by atoms with Crippen LogP contribution in [0.3, 0.4) is 0 Å². The third kappa shape index (κ3) is 15.4. The molecule has 7 heteroatoms. The first-order valence-electron chi connectivity index (χ1n) is 3.31. The van der Waals surface area contributed by atoms with Crippen LogP contribution in [0.1, 0.15) is 12.8 Å². The molecule has 0 aliphatic rings. The molecule has 0 spiro atoms. The van der Waals surface area contributed by atoms with E-state index in [1.54, 1.807) is 0 Å². The normalized spacial score (nSPS) is 8.92. The molecule has 0 aromatic carbocycles. The standard InChI is InChI=1S/C6H10O4S2.Na.H/c7-5(8)1-3-11-12-4-2-6(9)10;;/h1-4H2,(H,7,8)(H,9,10);;. The molecule has 0 rings (SSSR count). The van der Waals surface area contributed by atoms with Crippen molar-refractivity contribution in [2.75, 3.05) is 11.5 Å². The molecule has 2 N–H and O–H groups in total. The number of carboxylic acids is 2. The molecule has 0 atom stereocenters. The Bertz CT molecular complexity index is 147. The summed E-state index contributed by atoms with van der Waals surface area (Å²) in [5.74, 6) is -0.582. The third-order valence-corrected chi connectivity index (χ3v) is 3.29. The molecule has 0 aromatic heterocycles. The minimum absolute atomic E-state index is 0. The van der Waals surface area contributed by atoms with Crippen molar-refractivity contribution in [1.29, 1.82) is 0 Å². The quantitative estimate of drug-likeness (QED) is 0.383. The van der Waals surface area contributed by atoms with E-state index in [-0.39, 0.29) is 42.4 Å². The van der Waals surface area contributed by atoms with Gasteiger partial charge in [0, 0.05) is 11.5 Å². The Labute approximate surface area is 107 Å². The summed E-state index contributed by atoms with van der Waals surface area (Å²) in [6.45, 7) is 0. The van der Waals surface area contributed by atoms with Gasteiger partial charge in [-0.2, -0.15) is 0 Å². The Morgan fingerprint density at radius 2 is 1.23 bits per heavy atom. The maximum absolute atomic E-state index is 10.0. The fourth-order valence-electron chi connectivity index (χ4n) is 0.376. The summed E-state index contributed by atoms with van der Waals surface area (Å²) in [6, 6.07) is 0. The zero-order valence-electron chi connectivity index (χ0n) is 6.36. The first-order chi connectivity index (χ1) is 5.63. The van der Waals surface area contributed by atoms with Gasteiger partial charge in [0.1, 0.15) is 0 Å². The molecule has 0 radical (unpaired) electrons. The van der Waals surface area contributed by atoms with Crippen LogP contribution in [0.25, 0.3) is 0 Å². The Morgan fingerprint density at radius 1 is 0.923 bits per heavy atom. The molecule has 0 saturated heterocycles. The van der Waals surface area contributed by atoms with Gasteiger partial charge in [-0.1, -0.05) is 21.6 Å². The maximum atomic E-state index is 10.0. The Balaban J connectivity index is 0. The van der Waals surface area contributed by atoms with Gasteiger partial charge in [0.2, 0.25) is 0 Å². The Hall–Kier alpha value is 0.640. The second kappa shape index (κ2) is 10.7. The van der Waals surface area contributed by atoms with E-state index in [1.807, 2.05) is 0 Å². The van der Waals surface area contributed by atoms with Gasteiger partial charge in [-0.25, -0.2) is 0 Å². The number of hydrogen-bond donors (Lipinski definition) is 2. The molecule has 0 fully saturated rings. The van der Waals surface area contributed by atoms with Crippen LogP contribution in [0.4, 0.5) is 0 Å². The summed E-state index contributed by atoms with van der Waals surface area (Å²) in [7, 11) is 2.79. The first kappa shape index (κ1) is 16.1. The first-order valence-corrected chi connectivity index (χ1v) is 5.79. The van der Waals surface area contributed by atoms with Gasteiger partial charge < -0.3 is 10.2 Å². The summed E-state index contributed by atoms with van der Waals surface area (Å²) in [4.78, 5) is 20.0. The van der Waals surface area contributed by atoms with Crippen molar-refractivity contribution in [2.24, 2.45) is 0 Å². The van der Waals surface area contributed by atoms with Crippen molar-refractivity contribution < 1.29 is 19.8 Å². The SMILES string of the molecule is O=C(O)CCSSCCC(=O)O.[NaH]. The van der Waals surface area contributed by atoms with Gasteiger partial charge >= 0.3 is 41.5 Å². The molecule has 0 aliphatic heterocycles. The van der Waals surface area contributed by atoms with Crippen molar-refractivity contribution in [3.8, 4) is 0 Å². The molecule has 0 aliphatic carbocycles. The summed E-state index contributed by atoms with van der Waals surface area (Å²) in [6.07, 6.45) is 0.259. The molecule has 13 heavy (non-hydrogen) atoms. The number of carbonyl (C=O) groups is 2. The van der Waals surface area contributed by atoms with Crippen LogP contribution in [-0.4, -0.2) is 63.2 Å². The molecular weight excluding hydrogens is 223 g/mol. The number of carboxylic acid groups (broad SMARTS) is 2. The number of aliphatic carboxylic acids is 2. The van der Waals surface area contributed by atoms with Crippen LogP contribution in [-0.2, 0) is 9.59 Å². The van der Waals surface area contributed by atoms with E-state index in [9.17, 15) is 9.59 Å². The summed E-state index contributed by atoms with van der Waals surface area (Å²) in [5, 5.41) is 16.5. The average Bonchev–Trinajstić information content (AvgIpc) is 1.95. The van der Waals surface area contributed by atoms with Gasteiger partial charge in [-0.05, 0) is 0 Å². The second-order valence-corrected chi connectivity index (χ2v) is 4.63. The molecule has 0 saturated carbocycles. The zero-order valence-corrected chi connectivity index (χ0v) is 7.99. The van der Waals surface area contributed by atoms with Crippen LogP contribution >= 0.6 is 21.6 Å². The van der Waals surface area contributed by atoms with E-state index < -0.39 is 11.9 Å². The van der Waals surface area contributed by atoms with Crippen LogP contribution in [0, 0.1) is 0 Å². The second-order valence-electron chi connectivity index (χ2n) is 1.93. The zero-order chi connectivity index (χ0) is 9.40. The van der Waals surface area contributed by atoms with E-state index in [2.05, 4.69) is 0 Å². The predicted molar refractivity (Wildman–Crippen MR) is 56.6 cm³/mol. The molecule has 0 bridgehead atoms. The third-order valence-electron chi connectivity index (χ3n) is 0.882. The van der Waals surface area contributed by atoms with Crippen molar-refractivity contribution in [3.63, 3.8) is 0 Å². The number of hydrogen-bond acceptors (Lipinski definition) is 4. The molecule has 0 heterocycles. The van der Waals surface area contributed by atoms with E-state index >= 15 is 0 Å². The summed E-state index contributed by atoms with van der Waals surface area (Å²) < 4.78 is 0. The van der Waals surface area contributed by atoms with E-state index in [4.69, 9.17) is 10.2 Å². The van der Waals surface area contributed by atoms with Crippen molar-refractivity contribution >= 4 is 63.1 Å². The van der Waals surface area contributed by atoms with Crippen LogP contribution < -0.4 is 0 Å². The van der Waals surface area contributed by atoms with Gasteiger partial charge in [0.15, 0.2) is 0 Å². The van der Waals surface area contributed by atoms with Crippen molar-refractivity contribution in [2.45, 2.75) is 12.8 Å². The van der Waals surface area contributed by atoms with Gasteiger partial charge in [0.25, 0.3) is 0 Å². The molecule has 4 nitrogen and oxygen atoms in total. The summed E-state index contributed by atoms with van der Waals surface area (Å²) in [5.41, 5.74) is 0. The van der Waals surface area contributed by atoms with Crippen molar-refractivity contribution in [1.82, 2.24) is 0 Å². The predicted octanol–water partition coefficient (Wildman–Crippen LogP) is 0.669. The van der Waals surface area contributed by atoms with E-state index in [1.165, 1.54) is 21.6 Å². The van der Waals surface area contributed by atoms with Crippen LogP contribution in [0.5, 0.6) is 0 Å². The van der Waals surface area contributed by atoms with Gasteiger partial charge in [0.05, 0.1) is 12.8 Å². The van der Waals surface area contributed by atoms with Gasteiger partial charge in [-0.15, -0.1) is 0 Å². The van der Waals surface area contributed by atoms with E-state index in [0.29, 0.717) is 11.5 Å². The average molecular weight is 234 g/mol. The molecule has 0 amide bonds. The minimum atomic E-state index is -0.818. The topological polar surface area (TPSA) is 74.6 Å². The molecule has 0 aromatic rings. The molecule has 0 unspecified atom stereocenters. The summed E-state index contributed by atoms with van der Waals surface area (Å²) >= 11 is 0. The monoisotopic (exact) mass is 234 g/mol. The van der Waals surface area contributed by atoms with Crippen molar-refractivity contribution in [3.05, 3.63) is 0 Å². The Morgan fingerprint density at radius 3 is 1.46 bits per heavy atom. The van der Waals surface area contributed by atoms with Crippen LogP contribution in [0.15, 0.2) is 0 Å². The van der Waals surface area contributed by atoms with Gasteiger partial charge in [-0.3, -0.25) is 9.59 Å². The number of rotatable bonds is 7. The van der Waals surface area contributed by atoms with Crippen LogP contribution in [0.2, 0.25) is 0 Å². The fraction of sp³-hybridized carbons (Fsp3) is 0.667. The Kier molecular flexibility index (Phi) is 13.3. The fourth-order valence-corrected chi connectivity index (χ4v) is 2.33. The molecule has 72 valence electrons. The van der Waals surface area contributed by atoms with E-state index in [0.717, 1.165) is 0 Å².